The zero-order valence-corrected chi connectivity index (χ0v) is 15.1. The van der Waals surface area contributed by atoms with Crippen LogP contribution in [0, 0.1) is 17.3 Å². The van der Waals surface area contributed by atoms with E-state index in [-0.39, 0.29) is 23.3 Å². The minimum Gasteiger partial charge on any atom is -0.381 e. The zero-order valence-electron chi connectivity index (χ0n) is 15.1. The Balaban J connectivity index is 1.72. The first-order valence-electron chi connectivity index (χ1n) is 9.41. The first-order valence-corrected chi connectivity index (χ1v) is 9.41. The van der Waals surface area contributed by atoms with Crippen LogP contribution in [-0.2, 0) is 9.53 Å². The van der Waals surface area contributed by atoms with Gasteiger partial charge in [-0.05, 0) is 31.6 Å². The predicted molar refractivity (Wildman–Crippen MR) is 91.6 cm³/mol. The van der Waals surface area contributed by atoms with Crippen molar-refractivity contribution < 1.29 is 14.3 Å². The van der Waals surface area contributed by atoms with E-state index >= 15 is 0 Å². The molecule has 3 saturated heterocycles. The molecule has 0 bridgehead atoms. The third-order valence-corrected chi connectivity index (χ3v) is 5.80. The number of amides is 3. The Morgan fingerprint density at radius 3 is 2.46 bits per heavy atom. The molecule has 3 heterocycles. The van der Waals surface area contributed by atoms with Crippen molar-refractivity contribution in [3.63, 3.8) is 0 Å². The minimum absolute atomic E-state index is 0.0220. The Labute approximate surface area is 144 Å². The highest BCUT2D eigenvalue weighted by Gasteiger charge is 2.52. The van der Waals surface area contributed by atoms with Crippen molar-refractivity contribution in [2.24, 2.45) is 17.3 Å². The van der Waals surface area contributed by atoms with Gasteiger partial charge in [-0.25, -0.2) is 4.79 Å². The number of hydrogen-bond donors (Lipinski definition) is 1. The second-order valence-electron chi connectivity index (χ2n) is 8.02. The van der Waals surface area contributed by atoms with Gasteiger partial charge in [0.05, 0.1) is 5.92 Å². The van der Waals surface area contributed by atoms with Gasteiger partial charge in [0.25, 0.3) is 0 Å². The van der Waals surface area contributed by atoms with Crippen molar-refractivity contribution >= 4 is 11.9 Å². The lowest BCUT2D eigenvalue weighted by atomic mass is 9.71. The van der Waals surface area contributed by atoms with E-state index in [1.54, 1.807) is 0 Å². The normalized spacial score (nSPS) is 26.4. The Bertz CT molecular complexity index is 468. The average Bonchev–Trinajstić information content (AvgIpc) is 3.21. The molecule has 3 rings (SSSR count). The van der Waals surface area contributed by atoms with Crippen LogP contribution in [-0.4, -0.2) is 67.7 Å². The maximum atomic E-state index is 13.1. The molecular weight excluding hydrogens is 306 g/mol. The van der Waals surface area contributed by atoms with Crippen molar-refractivity contribution in [3.8, 4) is 0 Å². The molecular formula is C18H31N3O3. The molecule has 3 amide bonds. The highest BCUT2D eigenvalue weighted by atomic mass is 16.5. The van der Waals surface area contributed by atoms with Crippen LogP contribution in [0.1, 0.15) is 39.5 Å². The molecule has 0 radical (unpaired) electrons. The fourth-order valence-electron chi connectivity index (χ4n) is 4.31. The summed E-state index contributed by atoms with van der Waals surface area (Å²) in [7, 11) is 0. The smallest absolute Gasteiger partial charge is 0.317 e. The highest BCUT2D eigenvalue weighted by Crippen LogP contribution is 2.45. The Morgan fingerprint density at radius 1 is 1.17 bits per heavy atom. The topological polar surface area (TPSA) is 61.9 Å². The summed E-state index contributed by atoms with van der Waals surface area (Å²) < 4.78 is 5.54. The Kier molecular flexibility index (Phi) is 5.33. The number of ether oxygens (including phenoxy) is 1. The lowest BCUT2D eigenvalue weighted by Crippen LogP contribution is -2.45. The number of likely N-dealkylation sites (tertiary alicyclic amines) is 2. The van der Waals surface area contributed by atoms with E-state index in [1.165, 1.54) is 0 Å². The van der Waals surface area contributed by atoms with E-state index in [0.717, 1.165) is 38.8 Å². The SMILES string of the molecule is CC(C)CNC(=O)N1CC(C(=O)N2CCCC2)C2(CCOCC2)C1. The number of urea groups is 1. The summed E-state index contributed by atoms with van der Waals surface area (Å²) in [6.45, 7) is 9.24. The van der Waals surface area contributed by atoms with Crippen LogP contribution in [0.25, 0.3) is 0 Å². The van der Waals surface area contributed by atoms with Gasteiger partial charge >= 0.3 is 6.03 Å². The summed E-state index contributed by atoms with van der Waals surface area (Å²) in [5.41, 5.74) is -0.0902. The second kappa shape index (κ2) is 7.30. The highest BCUT2D eigenvalue weighted by molar-refractivity contribution is 5.83. The molecule has 3 aliphatic heterocycles. The van der Waals surface area contributed by atoms with E-state index in [1.807, 2.05) is 9.80 Å². The van der Waals surface area contributed by atoms with Crippen molar-refractivity contribution in [2.45, 2.75) is 39.5 Å². The third-order valence-electron chi connectivity index (χ3n) is 5.80. The molecule has 24 heavy (non-hydrogen) atoms. The fraction of sp³-hybridized carbons (Fsp3) is 0.889. The summed E-state index contributed by atoms with van der Waals surface area (Å²) >= 11 is 0. The number of rotatable bonds is 3. The summed E-state index contributed by atoms with van der Waals surface area (Å²) in [4.78, 5) is 29.5. The van der Waals surface area contributed by atoms with E-state index in [0.29, 0.717) is 38.8 Å². The third kappa shape index (κ3) is 3.53. The maximum absolute atomic E-state index is 13.1. The van der Waals surface area contributed by atoms with Crippen molar-refractivity contribution in [2.75, 3.05) is 45.9 Å². The summed E-state index contributed by atoms with van der Waals surface area (Å²) in [6, 6.07) is -0.0220. The summed E-state index contributed by atoms with van der Waals surface area (Å²) in [5.74, 6) is 0.619. The number of nitrogens with one attached hydrogen (secondary N) is 1. The summed E-state index contributed by atoms with van der Waals surface area (Å²) in [5, 5.41) is 3.01. The number of carbonyl (C=O) groups excluding carboxylic acids is 2. The molecule has 6 heteroatoms. The average molecular weight is 337 g/mol. The number of carbonyl (C=O) groups is 2. The predicted octanol–water partition coefficient (Wildman–Crippen LogP) is 1.70. The van der Waals surface area contributed by atoms with Gasteiger partial charge in [0.15, 0.2) is 0 Å². The molecule has 1 unspecified atom stereocenters. The van der Waals surface area contributed by atoms with Gasteiger partial charge in [-0.2, -0.15) is 0 Å². The van der Waals surface area contributed by atoms with Crippen LogP contribution < -0.4 is 5.32 Å². The molecule has 136 valence electrons. The molecule has 0 aromatic heterocycles. The molecule has 0 aromatic carbocycles. The van der Waals surface area contributed by atoms with E-state index in [4.69, 9.17) is 4.74 Å². The Morgan fingerprint density at radius 2 is 1.83 bits per heavy atom. The molecule has 1 spiro atoms. The summed E-state index contributed by atoms with van der Waals surface area (Å²) in [6.07, 6.45) is 3.97. The van der Waals surface area contributed by atoms with Crippen molar-refractivity contribution in [1.82, 2.24) is 15.1 Å². The van der Waals surface area contributed by atoms with E-state index < -0.39 is 0 Å². The molecule has 0 aromatic rings. The van der Waals surface area contributed by atoms with E-state index in [2.05, 4.69) is 19.2 Å². The number of hydrogen-bond acceptors (Lipinski definition) is 3. The van der Waals surface area contributed by atoms with Crippen LogP contribution in [0.5, 0.6) is 0 Å². The monoisotopic (exact) mass is 337 g/mol. The minimum atomic E-state index is -0.0902. The molecule has 0 aliphatic carbocycles. The largest absolute Gasteiger partial charge is 0.381 e. The molecule has 0 saturated carbocycles. The van der Waals surface area contributed by atoms with Gasteiger partial charge in [-0.3, -0.25) is 4.79 Å². The molecule has 6 nitrogen and oxygen atoms in total. The van der Waals surface area contributed by atoms with Crippen molar-refractivity contribution in [3.05, 3.63) is 0 Å². The lowest BCUT2D eigenvalue weighted by Gasteiger charge is -2.38. The first-order chi connectivity index (χ1) is 11.5. The van der Waals surface area contributed by atoms with Gasteiger partial charge in [0.2, 0.25) is 5.91 Å². The second-order valence-corrected chi connectivity index (χ2v) is 8.02. The standard InChI is InChI=1S/C18H31N3O3/c1-14(2)11-19-17(23)21-12-15(16(22)20-7-3-4-8-20)18(13-21)5-9-24-10-6-18/h14-15H,3-13H2,1-2H3,(H,19,23). The van der Waals surface area contributed by atoms with Crippen LogP contribution in [0.15, 0.2) is 0 Å². The van der Waals surface area contributed by atoms with E-state index in [9.17, 15) is 9.59 Å². The van der Waals surface area contributed by atoms with Crippen LogP contribution in [0.4, 0.5) is 4.79 Å². The van der Waals surface area contributed by atoms with Crippen LogP contribution in [0.3, 0.4) is 0 Å². The lowest BCUT2D eigenvalue weighted by molar-refractivity contribution is -0.139. The van der Waals surface area contributed by atoms with Gasteiger partial charge in [0.1, 0.15) is 0 Å². The molecule has 3 fully saturated rings. The van der Waals surface area contributed by atoms with Crippen LogP contribution in [0.2, 0.25) is 0 Å². The molecule has 1 atom stereocenters. The van der Waals surface area contributed by atoms with Crippen LogP contribution >= 0.6 is 0 Å². The zero-order chi connectivity index (χ0) is 17.2. The first kappa shape index (κ1) is 17.5. The molecule has 1 N–H and O–H groups in total. The van der Waals surface area contributed by atoms with Gasteiger partial charge in [-0.1, -0.05) is 13.8 Å². The van der Waals surface area contributed by atoms with Crippen molar-refractivity contribution in [1.29, 1.82) is 0 Å². The Hall–Kier alpha value is -1.30. The fourth-order valence-corrected chi connectivity index (χ4v) is 4.31. The number of nitrogens with zero attached hydrogens (tertiary/aromatic N) is 2. The maximum Gasteiger partial charge on any atom is 0.317 e. The van der Waals surface area contributed by atoms with Gasteiger partial charge in [0, 0.05) is 51.4 Å². The van der Waals surface area contributed by atoms with Gasteiger partial charge in [-0.15, -0.1) is 0 Å². The quantitative estimate of drug-likeness (QED) is 0.853. The van der Waals surface area contributed by atoms with Gasteiger partial charge < -0.3 is 19.9 Å². The molecule has 3 aliphatic rings.